The van der Waals surface area contributed by atoms with Gasteiger partial charge in [0, 0.05) is 0 Å². The Morgan fingerprint density at radius 2 is 1.31 bits per heavy atom. The summed E-state index contributed by atoms with van der Waals surface area (Å²) in [5.41, 5.74) is 4.87. The first-order chi connectivity index (χ1) is 4.89. The Hall–Kier alpha value is 0.696. The second-order valence-electron chi connectivity index (χ2n) is 3.80. The average molecular weight is 398 g/mol. The quantitative estimate of drug-likeness (QED) is 0.578. The van der Waals surface area contributed by atoms with Crippen LogP contribution in [0.1, 0.15) is 34.6 Å². The summed E-state index contributed by atoms with van der Waals surface area (Å²) in [6.07, 6.45) is 0. The van der Waals surface area contributed by atoms with Crippen LogP contribution in [-0.2, 0) is 18.6 Å². The molecule has 0 unspecified atom stereocenters. The summed E-state index contributed by atoms with van der Waals surface area (Å²) in [6, 6.07) is 0. The van der Waals surface area contributed by atoms with Gasteiger partial charge in [0.1, 0.15) is 0 Å². The molecule has 1 aliphatic rings. The molecule has 3 heteroatoms. The van der Waals surface area contributed by atoms with Gasteiger partial charge in [-0.25, -0.2) is 0 Å². The molecular weight excluding hydrogens is 381 g/mol. The molecule has 1 aliphatic carbocycles. The smallest absolute Gasteiger partial charge is 0.147 e. The van der Waals surface area contributed by atoms with Crippen molar-refractivity contribution >= 4 is 24.8 Å². The summed E-state index contributed by atoms with van der Waals surface area (Å²) < 4.78 is 1.56. The van der Waals surface area contributed by atoms with E-state index in [0.717, 1.165) is 0 Å². The maximum absolute atomic E-state index is 2.31. The topological polar surface area (TPSA) is 0 Å². The Morgan fingerprint density at radius 1 is 0.923 bits per heavy atom. The monoisotopic (exact) mass is 399 g/mol. The fourth-order valence-corrected chi connectivity index (χ4v) is 2.49. The van der Waals surface area contributed by atoms with E-state index in [0.29, 0.717) is 5.41 Å². The van der Waals surface area contributed by atoms with Gasteiger partial charge in [0.2, 0.25) is 0 Å². The van der Waals surface area contributed by atoms with E-state index in [1.54, 1.807) is 9.70 Å². The second kappa shape index (κ2) is 4.97. The summed E-state index contributed by atoms with van der Waals surface area (Å²) in [5, 5.41) is 0. The first-order valence-electron chi connectivity index (χ1n) is 3.93. The van der Waals surface area contributed by atoms with Crippen LogP contribution in [0.25, 0.3) is 0 Å². The van der Waals surface area contributed by atoms with Crippen molar-refractivity contribution in [1.82, 2.24) is 0 Å². The third-order valence-electron chi connectivity index (χ3n) is 2.92. The van der Waals surface area contributed by atoms with Crippen molar-refractivity contribution in [3.8, 4) is 0 Å². The predicted octanol–water partition coefficient (Wildman–Crippen LogP) is 4.03. The van der Waals surface area contributed by atoms with Crippen molar-refractivity contribution in [2.75, 3.05) is 0 Å². The van der Waals surface area contributed by atoms with Crippen molar-refractivity contribution in [3.63, 3.8) is 0 Å². The van der Waals surface area contributed by atoms with Gasteiger partial charge in [-0.15, -0.1) is 24.8 Å². The van der Waals surface area contributed by atoms with E-state index in [2.05, 4.69) is 34.6 Å². The summed E-state index contributed by atoms with van der Waals surface area (Å²) in [4.78, 5) is 0. The Labute approximate surface area is 104 Å². The minimum absolute atomic E-state index is 0. The van der Waals surface area contributed by atoms with Crippen molar-refractivity contribution < 1.29 is 18.6 Å². The molecule has 1 rings (SSSR count). The molecule has 0 spiro atoms. The first kappa shape index (κ1) is 16.1. The van der Waals surface area contributed by atoms with E-state index in [-0.39, 0.29) is 24.8 Å². The predicted molar refractivity (Wildman–Crippen MR) is 59.4 cm³/mol. The molecule has 0 nitrogen and oxygen atoms in total. The molecule has 79 valence electrons. The average Bonchev–Trinajstić information content (AvgIpc) is 2.06. The summed E-state index contributed by atoms with van der Waals surface area (Å²) in [7, 11) is 0. The maximum atomic E-state index is 2.31. The molecule has 0 aromatic heterocycles. The SMILES string of the molecule is CC1=C(C)C(C)(C)[C]([Os])=C1C.Cl.Cl. The Morgan fingerprint density at radius 3 is 1.38 bits per heavy atom. The molecule has 13 heavy (non-hydrogen) atoms. The molecule has 0 aromatic carbocycles. The fraction of sp³-hybridized carbons (Fsp3) is 0.600. The van der Waals surface area contributed by atoms with E-state index in [9.17, 15) is 0 Å². The van der Waals surface area contributed by atoms with Gasteiger partial charge in [0.15, 0.2) is 0 Å². The molecular formula is C10H17Cl2Os. The molecule has 0 saturated heterocycles. The van der Waals surface area contributed by atoms with Crippen molar-refractivity contribution in [2.24, 2.45) is 5.41 Å². The number of halogens is 2. The molecule has 0 aromatic rings. The summed E-state index contributed by atoms with van der Waals surface area (Å²) in [6.45, 7) is 11.3. The minimum atomic E-state index is 0. The van der Waals surface area contributed by atoms with Crippen molar-refractivity contribution in [1.29, 1.82) is 0 Å². The Bertz CT molecular complexity index is 236. The first-order valence-corrected chi connectivity index (χ1v) is 5.20. The number of rotatable bonds is 0. The molecule has 0 saturated carbocycles. The van der Waals surface area contributed by atoms with Gasteiger partial charge in [-0.05, 0) is 0 Å². The van der Waals surface area contributed by atoms with Crippen LogP contribution in [0.4, 0.5) is 0 Å². The van der Waals surface area contributed by atoms with Crippen LogP contribution in [0.15, 0.2) is 20.8 Å². The number of allylic oxidation sites excluding steroid dienone is 4. The van der Waals surface area contributed by atoms with Crippen LogP contribution >= 0.6 is 24.8 Å². The molecule has 0 N–H and O–H groups in total. The largest absolute Gasteiger partial charge is 0.147 e. The van der Waals surface area contributed by atoms with Gasteiger partial charge >= 0.3 is 79.5 Å². The molecule has 0 atom stereocenters. The number of hydrogen-bond donors (Lipinski definition) is 0. The molecule has 0 radical (unpaired) electrons. The zero-order valence-electron chi connectivity index (χ0n) is 8.67. The number of hydrogen-bond acceptors (Lipinski definition) is 0. The van der Waals surface area contributed by atoms with E-state index in [4.69, 9.17) is 0 Å². The Balaban J connectivity index is 0. The molecule has 0 heterocycles. The standard InChI is InChI=1S/C10H15.2ClH.Os/c1-7-6-10(4,5)9(3)8(7)2;;;/h1-5H3;2*1H;. The van der Waals surface area contributed by atoms with Gasteiger partial charge in [-0.2, -0.15) is 0 Å². The molecule has 0 aliphatic heterocycles. The van der Waals surface area contributed by atoms with Crippen LogP contribution in [-0.4, -0.2) is 0 Å². The van der Waals surface area contributed by atoms with Gasteiger partial charge < -0.3 is 0 Å². The van der Waals surface area contributed by atoms with Crippen molar-refractivity contribution in [3.05, 3.63) is 20.8 Å². The molecule has 0 bridgehead atoms. The van der Waals surface area contributed by atoms with E-state index in [1.165, 1.54) is 11.1 Å². The van der Waals surface area contributed by atoms with Crippen molar-refractivity contribution in [2.45, 2.75) is 34.6 Å². The zero-order valence-corrected chi connectivity index (χ0v) is 12.8. The third kappa shape index (κ3) is 2.38. The fourth-order valence-electron chi connectivity index (χ4n) is 1.54. The van der Waals surface area contributed by atoms with Gasteiger partial charge in [-0.1, -0.05) is 0 Å². The normalized spacial score (nSPS) is 19.8. The van der Waals surface area contributed by atoms with Crippen LogP contribution in [0.2, 0.25) is 0 Å². The third-order valence-corrected chi connectivity index (χ3v) is 5.46. The molecule has 0 amide bonds. The zero-order chi connectivity index (χ0) is 8.81. The minimum Gasteiger partial charge on any atom is -0.147 e. The van der Waals surface area contributed by atoms with Crippen LogP contribution in [0.3, 0.4) is 0 Å². The van der Waals surface area contributed by atoms with E-state index in [1.807, 2.05) is 18.6 Å². The van der Waals surface area contributed by atoms with E-state index < -0.39 is 0 Å². The summed E-state index contributed by atoms with van der Waals surface area (Å²) >= 11 is 2.04. The van der Waals surface area contributed by atoms with Crippen LogP contribution in [0, 0.1) is 5.41 Å². The van der Waals surface area contributed by atoms with Gasteiger partial charge in [-0.3, -0.25) is 0 Å². The second-order valence-corrected chi connectivity index (χ2v) is 5.07. The van der Waals surface area contributed by atoms with Crippen LogP contribution in [0.5, 0.6) is 0 Å². The van der Waals surface area contributed by atoms with Gasteiger partial charge in [0.05, 0.1) is 0 Å². The Kier molecular flexibility index (Phi) is 6.17. The van der Waals surface area contributed by atoms with Gasteiger partial charge in [0.25, 0.3) is 0 Å². The maximum Gasteiger partial charge on any atom is -0.147 e. The van der Waals surface area contributed by atoms with E-state index >= 15 is 0 Å². The van der Waals surface area contributed by atoms with Crippen LogP contribution < -0.4 is 0 Å². The summed E-state index contributed by atoms with van der Waals surface area (Å²) in [5.74, 6) is 0. The molecule has 0 fully saturated rings.